The highest BCUT2D eigenvalue weighted by Gasteiger charge is 2.15. The van der Waals surface area contributed by atoms with Gasteiger partial charge in [0.1, 0.15) is 5.58 Å². The lowest BCUT2D eigenvalue weighted by molar-refractivity contribution is 0.560. The Morgan fingerprint density at radius 3 is 2.36 bits per heavy atom. The second kappa shape index (κ2) is 9.14. The molecule has 0 amide bonds. The molecule has 4 rings (SSSR count). The molecule has 0 atom stereocenters. The lowest BCUT2D eigenvalue weighted by atomic mass is 10.1. The number of nitrogens with one attached hydrogen (secondary N) is 3. The second-order valence-corrected chi connectivity index (χ2v) is 9.39. The Balaban J connectivity index is 1.43. The number of hydrogen-bond acceptors (Lipinski definition) is 7. The van der Waals surface area contributed by atoms with Crippen LogP contribution >= 0.6 is 23.8 Å². The number of rotatable bonds is 5. The number of aryl methyl sites for hydroxylation is 1. The van der Waals surface area contributed by atoms with E-state index < -0.39 is 15.6 Å². The van der Waals surface area contributed by atoms with Crippen molar-refractivity contribution in [3.05, 3.63) is 81.8 Å². The third-order valence-electron chi connectivity index (χ3n) is 4.50. The SMILES string of the molecule is Cc1cc(=O)oc2cc(NC(=S)Nc3ccc(S(=O)(=O)Nc4ccc(Cl)nn4)cc3)ccc12. The second-order valence-electron chi connectivity index (χ2n) is 6.91. The summed E-state index contributed by atoms with van der Waals surface area (Å²) in [6.45, 7) is 1.83. The standard InChI is InChI=1S/C21H16ClN5O4S2/c1-12-10-20(28)31-17-11-14(4-7-16(12)17)24-21(32)23-13-2-5-15(6-3-13)33(29,30)27-19-9-8-18(22)25-26-19/h2-11H,1H3,(H,26,27)(H2,23,24,32). The van der Waals surface area contributed by atoms with Gasteiger partial charge in [0.05, 0.1) is 4.90 Å². The van der Waals surface area contributed by atoms with Gasteiger partial charge in [0.25, 0.3) is 10.0 Å². The third kappa shape index (κ3) is 5.45. The number of thiocarbonyl (C=S) groups is 1. The smallest absolute Gasteiger partial charge is 0.336 e. The summed E-state index contributed by atoms with van der Waals surface area (Å²) in [5.74, 6) is 0.0494. The van der Waals surface area contributed by atoms with Gasteiger partial charge in [0, 0.05) is 28.9 Å². The predicted octanol–water partition coefficient (Wildman–Crippen LogP) is 4.15. The lowest BCUT2D eigenvalue weighted by Gasteiger charge is -2.12. The number of sulfonamides is 1. The van der Waals surface area contributed by atoms with E-state index in [-0.39, 0.29) is 21.0 Å². The molecule has 2 heterocycles. The molecule has 0 bridgehead atoms. The van der Waals surface area contributed by atoms with Crippen LogP contribution in [0.25, 0.3) is 11.0 Å². The average Bonchev–Trinajstić information content (AvgIpc) is 2.75. The van der Waals surface area contributed by atoms with E-state index in [1.165, 1.54) is 30.3 Å². The van der Waals surface area contributed by atoms with Crippen molar-refractivity contribution >= 4 is 67.1 Å². The highest BCUT2D eigenvalue weighted by Crippen LogP contribution is 2.22. The molecule has 0 fully saturated rings. The molecule has 0 aliphatic rings. The zero-order chi connectivity index (χ0) is 23.6. The highest BCUT2D eigenvalue weighted by molar-refractivity contribution is 7.92. The fraction of sp³-hybridized carbons (Fsp3) is 0.0476. The molecule has 0 unspecified atom stereocenters. The van der Waals surface area contributed by atoms with Crippen molar-refractivity contribution in [1.29, 1.82) is 0 Å². The molecule has 4 aromatic rings. The topological polar surface area (TPSA) is 126 Å². The molecule has 3 N–H and O–H groups in total. The van der Waals surface area contributed by atoms with Crippen LogP contribution in [0.3, 0.4) is 0 Å². The molecule has 0 radical (unpaired) electrons. The first-order chi connectivity index (χ1) is 15.7. The Bertz CT molecular complexity index is 1500. The molecule has 168 valence electrons. The van der Waals surface area contributed by atoms with Gasteiger partial charge in [0.15, 0.2) is 16.1 Å². The fourth-order valence-electron chi connectivity index (χ4n) is 2.98. The van der Waals surface area contributed by atoms with Crippen LogP contribution < -0.4 is 21.0 Å². The summed E-state index contributed by atoms with van der Waals surface area (Å²) in [7, 11) is -3.86. The van der Waals surface area contributed by atoms with Crippen molar-refractivity contribution in [3.8, 4) is 0 Å². The molecule has 0 spiro atoms. The predicted molar refractivity (Wildman–Crippen MR) is 131 cm³/mol. The third-order valence-corrected chi connectivity index (χ3v) is 6.28. The van der Waals surface area contributed by atoms with E-state index in [2.05, 4.69) is 25.6 Å². The first-order valence-electron chi connectivity index (χ1n) is 9.44. The summed E-state index contributed by atoms with van der Waals surface area (Å²) >= 11 is 11.0. The summed E-state index contributed by atoms with van der Waals surface area (Å²) < 4.78 is 32.6. The summed E-state index contributed by atoms with van der Waals surface area (Å²) in [6.07, 6.45) is 0. The van der Waals surface area contributed by atoms with Gasteiger partial charge in [-0.15, -0.1) is 10.2 Å². The van der Waals surface area contributed by atoms with Crippen molar-refractivity contribution in [2.45, 2.75) is 11.8 Å². The van der Waals surface area contributed by atoms with Gasteiger partial charge in [-0.05, 0) is 73.2 Å². The molecule has 0 saturated carbocycles. The number of benzene rings is 2. The maximum Gasteiger partial charge on any atom is 0.336 e. The summed E-state index contributed by atoms with van der Waals surface area (Å²) in [5.41, 5.74) is 2.04. The maximum absolute atomic E-state index is 12.5. The molecular weight excluding hydrogens is 486 g/mol. The van der Waals surface area contributed by atoms with E-state index in [1.807, 2.05) is 19.1 Å². The van der Waals surface area contributed by atoms with Crippen LogP contribution in [0.5, 0.6) is 0 Å². The monoisotopic (exact) mass is 501 g/mol. The Kier molecular flexibility index (Phi) is 6.27. The van der Waals surface area contributed by atoms with Crippen LogP contribution in [-0.4, -0.2) is 23.7 Å². The van der Waals surface area contributed by atoms with Crippen molar-refractivity contribution in [3.63, 3.8) is 0 Å². The largest absolute Gasteiger partial charge is 0.423 e. The van der Waals surface area contributed by atoms with Crippen LogP contribution in [0.2, 0.25) is 5.15 Å². The number of fused-ring (bicyclic) bond motifs is 1. The molecule has 12 heteroatoms. The maximum atomic E-state index is 12.5. The minimum Gasteiger partial charge on any atom is -0.423 e. The fourth-order valence-corrected chi connectivity index (χ4v) is 4.31. The average molecular weight is 502 g/mol. The Morgan fingerprint density at radius 2 is 1.67 bits per heavy atom. The zero-order valence-corrected chi connectivity index (χ0v) is 19.4. The van der Waals surface area contributed by atoms with E-state index in [1.54, 1.807) is 18.2 Å². The lowest BCUT2D eigenvalue weighted by Crippen LogP contribution is -2.19. The van der Waals surface area contributed by atoms with Crippen molar-refractivity contribution in [1.82, 2.24) is 10.2 Å². The molecular formula is C21H16ClN5O4S2. The van der Waals surface area contributed by atoms with Gasteiger partial charge in [-0.25, -0.2) is 13.2 Å². The molecule has 0 aliphatic heterocycles. The molecule has 0 saturated heterocycles. The number of halogens is 1. The first-order valence-corrected chi connectivity index (χ1v) is 11.7. The summed E-state index contributed by atoms with van der Waals surface area (Å²) in [4.78, 5) is 11.6. The minimum absolute atomic E-state index is 0.0311. The summed E-state index contributed by atoms with van der Waals surface area (Å²) in [5, 5.41) is 14.5. The van der Waals surface area contributed by atoms with Crippen molar-refractivity contribution < 1.29 is 12.8 Å². The van der Waals surface area contributed by atoms with Crippen LogP contribution in [0.15, 0.2) is 74.8 Å². The number of hydrogen-bond donors (Lipinski definition) is 3. The number of nitrogens with zero attached hydrogens (tertiary/aromatic N) is 2. The normalized spacial score (nSPS) is 11.2. The van der Waals surface area contributed by atoms with E-state index in [9.17, 15) is 13.2 Å². The molecule has 33 heavy (non-hydrogen) atoms. The molecule has 2 aromatic heterocycles. The van der Waals surface area contributed by atoms with Gasteiger partial charge >= 0.3 is 5.63 Å². The quantitative estimate of drug-likeness (QED) is 0.273. The van der Waals surface area contributed by atoms with Gasteiger partial charge in [-0.2, -0.15) is 0 Å². The van der Waals surface area contributed by atoms with E-state index in [4.69, 9.17) is 28.2 Å². The zero-order valence-electron chi connectivity index (χ0n) is 17.0. The van der Waals surface area contributed by atoms with Gasteiger partial charge in [0.2, 0.25) is 0 Å². The van der Waals surface area contributed by atoms with Crippen LogP contribution in [0, 0.1) is 6.92 Å². The van der Waals surface area contributed by atoms with E-state index in [0.717, 1.165) is 10.9 Å². The highest BCUT2D eigenvalue weighted by atomic mass is 35.5. The Labute approximate surface area is 198 Å². The molecule has 0 aliphatic carbocycles. The Hall–Kier alpha value is -3.54. The summed E-state index contributed by atoms with van der Waals surface area (Å²) in [6, 6.07) is 15.6. The van der Waals surface area contributed by atoms with Crippen LogP contribution in [-0.2, 0) is 10.0 Å². The Morgan fingerprint density at radius 1 is 0.970 bits per heavy atom. The van der Waals surface area contributed by atoms with E-state index in [0.29, 0.717) is 17.0 Å². The van der Waals surface area contributed by atoms with Crippen molar-refractivity contribution in [2.75, 3.05) is 15.4 Å². The minimum atomic E-state index is -3.86. The van der Waals surface area contributed by atoms with E-state index >= 15 is 0 Å². The molecule has 2 aromatic carbocycles. The van der Waals surface area contributed by atoms with Gasteiger partial charge < -0.3 is 15.1 Å². The van der Waals surface area contributed by atoms with Crippen molar-refractivity contribution in [2.24, 2.45) is 0 Å². The van der Waals surface area contributed by atoms with Crippen LogP contribution in [0.1, 0.15) is 5.56 Å². The van der Waals surface area contributed by atoms with Crippen LogP contribution in [0.4, 0.5) is 17.2 Å². The van der Waals surface area contributed by atoms with Gasteiger partial charge in [-0.1, -0.05) is 11.6 Å². The van der Waals surface area contributed by atoms with Gasteiger partial charge in [-0.3, -0.25) is 4.72 Å². The molecule has 9 nitrogen and oxygen atoms in total. The number of aromatic nitrogens is 2. The number of anilines is 3. The first kappa shape index (κ1) is 22.6.